The van der Waals surface area contributed by atoms with Crippen LogP contribution in [0.4, 0.5) is 0 Å². The Morgan fingerprint density at radius 3 is 2.50 bits per heavy atom. The molecule has 1 aromatic carbocycles. The van der Waals surface area contributed by atoms with E-state index in [4.69, 9.17) is 0 Å². The molecule has 0 aromatic heterocycles. The van der Waals surface area contributed by atoms with Crippen LogP contribution in [0.5, 0.6) is 0 Å². The highest BCUT2D eigenvalue weighted by Crippen LogP contribution is 2.47. The Morgan fingerprint density at radius 1 is 1.22 bits per heavy atom. The van der Waals surface area contributed by atoms with Gasteiger partial charge in [0.2, 0.25) is 0 Å². The molecule has 1 heterocycles. The van der Waals surface area contributed by atoms with Crippen molar-refractivity contribution >= 4 is 23.5 Å². The molecule has 0 N–H and O–H groups in total. The highest BCUT2D eigenvalue weighted by atomic mass is 32.2. The molecule has 0 unspecified atom stereocenters. The molecule has 0 amide bonds. The van der Waals surface area contributed by atoms with Gasteiger partial charge >= 0.3 is 0 Å². The second kappa shape index (κ2) is 6.72. The molecule has 2 rings (SSSR count). The number of benzene rings is 1. The van der Waals surface area contributed by atoms with Gasteiger partial charge in [-0.3, -0.25) is 0 Å². The van der Waals surface area contributed by atoms with Gasteiger partial charge in [-0.2, -0.15) is 0 Å². The van der Waals surface area contributed by atoms with Crippen LogP contribution in [0.2, 0.25) is 0 Å². The molecule has 1 fully saturated rings. The lowest BCUT2D eigenvalue weighted by Crippen LogP contribution is -2.27. The van der Waals surface area contributed by atoms with Crippen molar-refractivity contribution in [3.05, 3.63) is 48.0 Å². The van der Waals surface area contributed by atoms with Gasteiger partial charge in [0.15, 0.2) is 0 Å². The van der Waals surface area contributed by atoms with E-state index in [1.165, 1.54) is 41.9 Å². The summed E-state index contributed by atoms with van der Waals surface area (Å²) in [5, 5.41) is 0. The zero-order valence-electron chi connectivity index (χ0n) is 11.2. The summed E-state index contributed by atoms with van der Waals surface area (Å²) < 4.78 is 0.391. The van der Waals surface area contributed by atoms with E-state index in [2.05, 4.69) is 67.4 Å². The van der Waals surface area contributed by atoms with Crippen molar-refractivity contribution in [3.8, 4) is 0 Å². The van der Waals surface area contributed by atoms with Crippen molar-refractivity contribution in [2.45, 2.75) is 36.7 Å². The lowest BCUT2D eigenvalue weighted by Gasteiger charge is -2.36. The second-order valence-electron chi connectivity index (χ2n) is 4.95. The highest BCUT2D eigenvalue weighted by molar-refractivity contribution is 8.18. The first-order chi connectivity index (χ1) is 8.74. The SMILES string of the molecule is C=CCCC1(Cc2ccc(C)cc2)SCCCS1. The Balaban J connectivity index is 2.08. The number of thioether (sulfide) groups is 2. The molecule has 2 heteroatoms. The molecular weight excluding hydrogens is 256 g/mol. The standard InChI is InChI=1S/C16H22S2/c1-3-4-10-16(17-11-5-12-18-16)13-15-8-6-14(2)7-9-15/h3,6-9H,1,4-5,10-13H2,2H3. The molecule has 0 nitrogen and oxygen atoms in total. The average Bonchev–Trinajstić information content (AvgIpc) is 2.40. The first-order valence-electron chi connectivity index (χ1n) is 6.68. The van der Waals surface area contributed by atoms with Gasteiger partial charge < -0.3 is 0 Å². The van der Waals surface area contributed by atoms with Crippen LogP contribution in [-0.2, 0) is 6.42 Å². The Hall–Kier alpha value is -0.340. The summed E-state index contributed by atoms with van der Waals surface area (Å²) in [6.07, 6.45) is 6.99. The molecule has 98 valence electrons. The van der Waals surface area contributed by atoms with Crippen molar-refractivity contribution in [2.75, 3.05) is 11.5 Å². The number of hydrogen-bond donors (Lipinski definition) is 0. The Labute approximate surface area is 120 Å². The Morgan fingerprint density at radius 2 is 1.89 bits per heavy atom. The molecule has 1 aliphatic heterocycles. The van der Waals surface area contributed by atoms with Crippen LogP contribution < -0.4 is 0 Å². The topological polar surface area (TPSA) is 0 Å². The molecule has 18 heavy (non-hydrogen) atoms. The molecule has 1 aliphatic rings. The summed E-state index contributed by atoms with van der Waals surface area (Å²) in [5.41, 5.74) is 2.83. The lowest BCUT2D eigenvalue weighted by molar-refractivity contribution is 0.712. The van der Waals surface area contributed by atoms with Gasteiger partial charge in [0.1, 0.15) is 0 Å². The van der Waals surface area contributed by atoms with E-state index >= 15 is 0 Å². The van der Waals surface area contributed by atoms with Crippen molar-refractivity contribution < 1.29 is 0 Å². The van der Waals surface area contributed by atoms with Gasteiger partial charge in [0, 0.05) is 0 Å². The fraction of sp³-hybridized carbons (Fsp3) is 0.500. The first-order valence-corrected chi connectivity index (χ1v) is 8.66. The van der Waals surface area contributed by atoms with E-state index in [1.807, 2.05) is 0 Å². The molecule has 0 bridgehead atoms. The van der Waals surface area contributed by atoms with Gasteiger partial charge in [-0.15, -0.1) is 30.1 Å². The fourth-order valence-electron chi connectivity index (χ4n) is 2.29. The summed E-state index contributed by atoms with van der Waals surface area (Å²) in [6, 6.07) is 9.05. The molecule has 0 spiro atoms. The van der Waals surface area contributed by atoms with E-state index in [1.54, 1.807) is 0 Å². The predicted octanol–water partition coefficient (Wildman–Crippen LogP) is 5.07. The maximum Gasteiger partial charge on any atom is 0.0654 e. The van der Waals surface area contributed by atoms with Crippen LogP contribution in [0.25, 0.3) is 0 Å². The zero-order valence-corrected chi connectivity index (χ0v) is 12.8. The monoisotopic (exact) mass is 278 g/mol. The maximum atomic E-state index is 3.88. The van der Waals surface area contributed by atoms with Gasteiger partial charge in [-0.25, -0.2) is 0 Å². The van der Waals surface area contributed by atoms with E-state index < -0.39 is 0 Å². The van der Waals surface area contributed by atoms with Gasteiger partial charge in [0.25, 0.3) is 0 Å². The lowest BCUT2D eigenvalue weighted by atomic mass is 10.0. The number of allylic oxidation sites excluding steroid dienone is 1. The highest BCUT2D eigenvalue weighted by Gasteiger charge is 2.32. The molecule has 1 saturated heterocycles. The minimum Gasteiger partial charge on any atom is -0.144 e. The number of hydrogen-bond acceptors (Lipinski definition) is 2. The molecule has 0 radical (unpaired) electrons. The summed E-state index contributed by atoms with van der Waals surface area (Å²) in [7, 11) is 0. The number of rotatable bonds is 5. The summed E-state index contributed by atoms with van der Waals surface area (Å²) >= 11 is 4.33. The van der Waals surface area contributed by atoms with E-state index in [-0.39, 0.29) is 0 Å². The van der Waals surface area contributed by atoms with E-state index in [0.29, 0.717) is 4.08 Å². The fourth-order valence-corrected chi connectivity index (χ4v) is 5.69. The Bertz CT molecular complexity index is 375. The average molecular weight is 278 g/mol. The predicted molar refractivity (Wildman–Crippen MR) is 86.6 cm³/mol. The van der Waals surface area contributed by atoms with Gasteiger partial charge in [0.05, 0.1) is 4.08 Å². The van der Waals surface area contributed by atoms with Crippen LogP contribution in [0.1, 0.15) is 30.4 Å². The summed E-state index contributed by atoms with van der Waals surface area (Å²) in [4.78, 5) is 0. The molecule has 0 aliphatic carbocycles. The van der Waals surface area contributed by atoms with Crippen molar-refractivity contribution in [2.24, 2.45) is 0 Å². The molecule has 0 saturated carbocycles. The minimum atomic E-state index is 0.391. The van der Waals surface area contributed by atoms with E-state index in [9.17, 15) is 0 Å². The first kappa shape index (κ1) is 14.1. The minimum absolute atomic E-state index is 0.391. The largest absolute Gasteiger partial charge is 0.144 e. The smallest absolute Gasteiger partial charge is 0.0654 e. The van der Waals surface area contributed by atoms with Crippen LogP contribution in [-0.4, -0.2) is 15.6 Å². The molecular formula is C16H22S2. The van der Waals surface area contributed by atoms with Crippen molar-refractivity contribution in [3.63, 3.8) is 0 Å². The zero-order chi connectivity index (χ0) is 12.8. The normalized spacial score (nSPS) is 18.5. The summed E-state index contributed by atoms with van der Waals surface area (Å²) in [5.74, 6) is 2.63. The third kappa shape index (κ3) is 3.83. The molecule has 0 atom stereocenters. The van der Waals surface area contributed by atoms with Gasteiger partial charge in [-0.1, -0.05) is 35.9 Å². The molecule has 1 aromatic rings. The number of aryl methyl sites for hydroxylation is 1. The third-order valence-electron chi connectivity index (χ3n) is 3.34. The van der Waals surface area contributed by atoms with Crippen molar-refractivity contribution in [1.82, 2.24) is 0 Å². The van der Waals surface area contributed by atoms with Crippen LogP contribution in [0.15, 0.2) is 36.9 Å². The Kier molecular flexibility index (Phi) is 5.25. The summed E-state index contributed by atoms with van der Waals surface area (Å²) in [6.45, 7) is 6.03. The maximum absolute atomic E-state index is 3.88. The van der Waals surface area contributed by atoms with Gasteiger partial charge in [-0.05, 0) is 49.7 Å². The van der Waals surface area contributed by atoms with Crippen LogP contribution in [0.3, 0.4) is 0 Å². The van der Waals surface area contributed by atoms with Crippen LogP contribution >= 0.6 is 23.5 Å². The quantitative estimate of drug-likeness (QED) is 0.690. The second-order valence-corrected chi connectivity index (χ2v) is 8.17. The van der Waals surface area contributed by atoms with Crippen LogP contribution in [0, 0.1) is 6.92 Å². The van der Waals surface area contributed by atoms with Crippen molar-refractivity contribution in [1.29, 1.82) is 0 Å². The van der Waals surface area contributed by atoms with E-state index in [0.717, 1.165) is 6.42 Å². The third-order valence-corrected chi connectivity index (χ3v) is 6.78.